The second-order valence-electron chi connectivity index (χ2n) is 4.57. The summed E-state index contributed by atoms with van der Waals surface area (Å²) in [4.78, 5) is 0. The minimum Gasteiger partial charge on any atom is -0.309 e. The highest BCUT2D eigenvalue weighted by molar-refractivity contribution is 5.83. The average Bonchev–Trinajstić information content (AvgIpc) is 2.28. The van der Waals surface area contributed by atoms with E-state index < -0.39 is 0 Å². The molecule has 0 bridgehead atoms. The third kappa shape index (κ3) is 2.26. The van der Waals surface area contributed by atoms with Crippen LogP contribution in [0, 0.1) is 16.7 Å². The number of hydrogen-bond acceptors (Lipinski definition) is 1. The highest BCUT2D eigenvalue weighted by Crippen LogP contribution is 2.42. The van der Waals surface area contributed by atoms with Crippen LogP contribution in [0.4, 0.5) is 0 Å². The molecule has 80 valence electrons. The zero-order valence-corrected chi connectivity index (χ0v) is 9.60. The fourth-order valence-corrected chi connectivity index (χ4v) is 2.53. The summed E-state index contributed by atoms with van der Waals surface area (Å²) in [5.41, 5.74) is 1.35. The van der Waals surface area contributed by atoms with Gasteiger partial charge < -0.3 is 5.41 Å². The summed E-state index contributed by atoms with van der Waals surface area (Å²) < 4.78 is 0. The molecule has 1 saturated carbocycles. The van der Waals surface area contributed by atoms with Crippen molar-refractivity contribution < 1.29 is 0 Å². The van der Waals surface area contributed by atoms with Crippen molar-refractivity contribution in [3.05, 3.63) is 12.7 Å². The molecular weight excluding hydrogens is 170 g/mol. The molecule has 0 saturated heterocycles. The molecule has 0 atom stereocenters. The van der Waals surface area contributed by atoms with Crippen molar-refractivity contribution in [1.82, 2.24) is 0 Å². The van der Waals surface area contributed by atoms with E-state index in [4.69, 9.17) is 5.41 Å². The molecule has 0 aromatic heterocycles. The van der Waals surface area contributed by atoms with Gasteiger partial charge in [0.2, 0.25) is 0 Å². The summed E-state index contributed by atoms with van der Waals surface area (Å²) in [5, 5.41) is 7.85. The lowest BCUT2D eigenvalue weighted by atomic mass is 9.68. The molecule has 1 heteroatoms. The van der Waals surface area contributed by atoms with E-state index in [2.05, 4.69) is 26.5 Å². The molecule has 0 unspecified atom stereocenters. The lowest BCUT2D eigenvalue weighted by Gasteiger charge is -2.37. The maximum atomic E-state index is 7.85. The van der Waals surface area contributed by atoms with E-state index in [1.165, 1.54) is 32.1 Å². The van der Waals surface area contributed by atoms with Gasteiger partial charge in [0.25, 0.3) is 0 Å². The van der Waals surface area contributed by atoms with Gasteiger partial charge in [-0.25, -0.2) is 0 Å². The molecule has 1 N–H and O–H groups in total. The molecule has 1 rings (SSSR count). The standard InChI is InChI=1S/C13H23N/c1-4-12(14)11-7-9-13(5-2,6-3)10-8-11/h5,11,14H,2,4,6-10H2,1,3H3. The number of rotatable bonds is 4. The Labute approximate surface area is 88.1 Å². The topological polar surface area (TPSA) is 23.9 Å². The van der Waals surface area contributed by atoms with Gasteiger partial charge in [0.05, 0.1) is 0 Å². The zero-order chi connectivity index (χ0) is 10.6. The van der Waals surface area contributed by atoms with Gasteiger partial charge in [0.15, 0.2) is 0 Å². The molecule has 0 amide bonds. The van der Waals surface area contributed by atoms with Crippen molar-refractivity contribution in [2.45, 2.75) is 52.4 Å². The zero-order valence-electron chi connectivity index (χ0n) is 9.60. The monoisotopic (exact) mass is 193 g/mol. The molecule has 0 radical (unpaired) electrons. The Hall–Kier alpha value is -0.590. The predicted molar refractivity (Wildman–Crippen MR) is 62.9 cm³/mol. The van der Waals surface area contributed by atoms with Crippen molar-refractivity contribution in [3.8, 4) is 0 Å². The van der Waals surface area contributed by atoms with Crippen LogP contribution < -0.4 is 0 Å². The van der Waals surface area contributed by atoms with Crippen LogP contribution in [0.25, 0.3) is 0 Å². The smallest absolute Gasteiger partial charge is 0.0117 e. The van der Waals surface area contributed by atoms with Crippen LogP contribution in [0.3, 0.4) is 0 Å². The van der Waals surface area contributed by atoms with Crippen LogP contribution >= 0.6 is 0 Å². The van der Waals surface area contributed by atoms with Gasteiger partial charge in [-0.3, -0.25) is 0 Å². The lowest BCUT2D eigenvalue weighted by Crippen LogP contribution is -2.28. The third-order valence-electron chi connectivity index (χ3n) is 3.99. The van der Waals surface area contributed by atoms with Gasteiger partial charge in [0.1, 0.15) is 0 Å². The normalized spacial score (nSPS) is 32.6. The Balaban J connectivity index is 2.52. The molecule has 0 spiro atoms. The molecule has 0 aromatic carbocycles. The Bertz CT molecular complexity index is 209. The van der Waals surface area contributed by atoms with E-state index in [9.17, 15) is 0 Å². The second-order valence-corrected chi connectivity index (χ2v) is 4.57. The Morgan fingerprint density at radius 2 is 2.00 bits per heavy atom. The summed E-state index contributed by atoms with van der Waals surface area (Å²) in [6.45, 7) is 8.32. The van der Waals surface area contributed by atoms with E-state index in [0.717, 1.165) is 12.1 Å². The molecule has 1 nitrogen and oxygen atoms in total. The summed E-state index contributed by atoms with van der Waals surface area (Å²) in [6.07, 6.45) is 9.17. The molecule has 14 heavy (non-hydrogen) atoms. The quantitative estimate of drug-likeness (QED) is 0.511. The van der Waals surface area contributed by atoms with E-state index in [0.29, 0.717) is 11.3 Å². The van der Waals surface area contributed by atoms with E-state index in [1.54, 1.807) is 0 Å². The summed E-state index contributed by atoms with van der Waals surface area (Å²) >= 11 is 0. The van der Waals surface area contributed by atoms with E-state index >= 15 is 0 Å². The SMILES string of the molecule is C=CC1(CC)CCC(C(=N)CC)CC1. The Morgan fingerprint density at radius 1 is 1.43 bits per heavy atom. The van der Waals surface area contributed by atoms with Crippen molar-refractivity contribution in [3.63, 3.8) is 0 Å². The van der Waals surface area contributed by atoms with Gasteiger partial charge in [0, 0.05) is 5.71 Å². The molecular formula is C13H23N. The molecule has 1 fully saturated rings. The van der Waals surface area contributed by atoms with Gasteiger partial charge in [-0.15, -0.1) is 6.58 Å². The molecule has 1 aliphatic carbocycles. The van der Waals surface area contributed by atoms with Crippen LogP contribution in [0.2, 0.25) is 0 Å². The van der Waals surface area contributed by atoms with Gasteiger partial charge in [-0.05, 0) is 49.9 Å². The van der Waals surface area contributed by atoms with Crippen molar-refractivity contribution in [2.75, 3.05) is 0 Å². The molecule has 1 aliphatic rings. The minimum absolute atomic E-state index is 0.393. The third-order valence-corrected chi connectivity index (χ3v) is 3.99. The van der Waals surface area contributed by atoms with Crippen LogP contribution in [0.15, 0.2) is 12.7 Å². The van der Waals surface area contributed by atoms with Crippen molar-refractivity contribution >= 4 is 5.71 Å². The second kappa shape index (κ2) is 4.77. The van der Waals surface area contributed by atoms with E-state index in [1.807, 2.05) is 0 Å². The minimum atomic E-state index is 0.393. The predicted octanol–water partition coefficient (Wildman–Crippen LogP) is 4.19. The van der Waals surface area contributed by atoms with Gasteiger partial charge in [-0.1, -0.05) is 19.9 Å². The van der Waals surface area contributed by atoms with Gasteiger partial charge >= 0.3 is 0 Å². The molecule has 0 heterocycles. The van der Waals surface area contributed by atoms with Crippen LogP contribution in [0.5, 0.6) is 0 Å². The highest BCUT2D eigenvalue weighted by atomic mass is 14.5. The average molecular weight is 193 g/mol. The molecule has 0 aromatic rings. The van der Waals surface area contributed by atoms with Crippen molar-refractivity contribution in [1.29, 1.82) is 5.41 Å². The van der Waals surface area contributed by atoms with Crippen LogP contribution in [-0.4, -0.2) is 5.71 Å². The largest absolute Gasteiger partial charge is 0.309 e. The van der Waals surface area contributed by atoms with E-state index in [-0.39, 0.29) is 0 Å². The fourth-order valence-electron chi connectivity index (χ4n) is 2.53. The fraction of sp³-hybridized carbons (Fsp3) is 0.769. The van der Waals surface area contributed by atoms with Crippen LogP contribution in [-0.2, 0) is 0 Å². The number of hydrogen-bond donors (Lipinski definition) is 1. The first-order valence-electron chi connectivity index (χ1n) is 5.88. The number of nitrogens with one attached hydrogen (secondary N) is 1. The lowest BCUT2D eigenvalue weighted by molar-refractivity contribution is 0.225. The summed E-state index contributed by atoms with van der Waals surface area (Å²) in [7, 11) is 0. The van der Waals surface area contributed by atoms with Crippen LogP contribution in [0.1, 0.15) is 52.4 Å². The summed E-state index contributed by atoms with van der Waals surface area (Å²) in [5.74, 6) is 0.569. The first-order chi connectivity index (χ1) is 6.67. The first kappa shape index (κ1) is 11.5. The maximum absolute atomic E-state index is 7.85. The van der Waals surface area contributed by atoms with Crippen molar-refractivity contribution in [2.24, 2.45) is 11.3 Å². The first-order valence-corrected chi connectivity index (χ1v) is 5.88. The Kier molecular flexibility index (Phi) is 3.91. The Morgan fingerprint density at radius 3 is 2.36 bits per heavy atom. The maximum Gasteiger partial charge on any atom is 0.0117 e. The molecule has 0 aliphatic heterocycles. The summed E-state index contributed by atoms with van der Waals surface area (Å²) in [6, 6.07) is 0. The number of allylic oxidation sites excluding steroid dienone is 1. The van der Waals surface area contributed by atoms with Gasteiger partial charge in [-0.2, -0.15) is 0 Å². The highest BCUT2D eigenvalue weighted by Gasteiger charge is 2.31.